The molecule has 2 aromatic carbocycles. The van der Waals surface area contributed by atoms with Crippen LogP contribution < -0.4 is 15.4 Å². The predicted octanol–water partition coefficient (Wildman–Crippen LogP) is 3.05. The molecular formula is C21H21F3N2O5. The van der Waals surface area contributed by atoms with E-state index in [-0.39, 0.29) is 18.8 Å². The van der Waals surface area contributed by atoms with Gasteiger partial charge in [-0.1, -0.05) is 42.5 Å². The predicted molar refractivity (Wildman–Crippen MR) is 103 cm³/mol. The van der Waals surface area contributed by atoms with Crippen LogP contribution in [-0.4, -0.2) is 35.6 Å². The molecular weight excluding hydrogens is 417 g/mol. The number of esters is 1. The van der Waals surface area contributed by atoms with Crippen LogP contribution in [-0.2, 0) is 16.1 Å². The summed E-state index contributed by atoms with van der Waals surface area (Å²) < 4.78 is 51.3. The van der Waals surface area contributed by atoms with E-state index in [1.54, 1.807) is 0 Å². The van der Waals surface area contributed by atoms with Gasteiger partial charge in [-0.2, -0.15) is 13.2 Å². The van der Waals surface area contributed by atoms with Crippen LogP contribution in [0.3, 0.4) is 0 Å². The Kier molecular flexibility index (Phi) is 6.40. The highest BCUT2D eigenvalue weighted by Crippen LogP contribution is 2.43. The summed E-state index contributed by atoms with van der Waals surface area (Å²) in [5, 5.41) is 14.0. The van der Waals surface area contributed by atoms with Crippen LogP contribution in [0.4, 0.5) is 18.0 Å². The van der Waals surface area contributed by atoms with Gasteiger partial charge >= 0.3 is 18.2 Å². The zero-order valence-corrected chi connectivity index (χ0v) is 16.5. The summed E-state index contributed by atoms with van der Waals surface area (Å²) in [5.74, 6) is -3.03. The Balaban J connectivity index is 1.87. The molecule has 0 saturated carbocycles. The van der Waals surface area contributed by atoms with Gasteiger partial charge in [-0.15, -0.1) is 0 Å². The Hall–Kier alpha value is -3.27. The highest BCUT2D eigenvalue weighted by Gasteiger charge is 2.67. The van der Waals surface area contributed by atoms with Crippen molar-refractivity contribution in [2.24, 2.45) is 5.92 Å². The number of hydrogen-bond acceptors (Lipinski definition) is 5. The number of aliphatic hydroxyl groups is 1. The first-order valence-corrected chi connectivity index (χ1v) is 9.47. The van der Waals surface area contributed by atoms with Gasteiger partial charge in [0, 0.05) is 0 Å². The minimum absolute atomic E-state index is 0.169. The third-order valence-electron chi connectivity index (χ3n) is 4.83. The molecule has 1 saturated heterocycles. The average Bonchev–Trinajstić information content (AvgIpc) is 2.72. The van der Waals surface area contributed by atoms with Crippen LogP contribution in [0, 0.1) is 5.92 Å². The fraction of sp³-hybridized carbons (Fsp3) is 0.333. The molecule has 2 amide bonds. The lowest BCUT2D eigenvalue weighted by molar-refractivity contribution is -0.294. The van der Waals surface area contributed by atoms with E-state index in [1.807, 2.05) is 30.3 Å². The molecule has 1 aliphatic rings. The Labute approximate surface area is 176 Å². The van der Waals surface area contributed by atoms with Crippen molar-refractivity contribution in [1.29, 1.82) is 0 Å². The first-order chi connectivity index (χ1) is 14.7. The molecule has 0 aromatic heterocycles. The number of ether oxygens (including phenoxy) is 2. The maximum Gasteiger partial charge on any atom is 0.437 e. The van der Waals surface area contributed by atoms with E-state index in [2.05, 4.69) is 5.32 Å². The number of carbonyl (C=O) groups excluding carboxylic acids is 2. The van der Waals surface area contributed by atoms with Crippen molar-refractivity contribution in [2.45, 2.75) is 31.5 Å². The number of carbonyl (C=O) groups is 2. The van der Waals surface area contributed by atoms with Crippen LogP contribution in [0.1, 0.15) is 24.1 Å². The van der Waals surface area contributed by atoms with Gasteiger partial charge < -0.3 is 25.2 Å². The molecule has 3 N–H and O–H groups in total. The van der Waals surface area contributed by atoms with Crippen LogP contribution in [0.2, 0.25) is 0 Å². The first kappa shape index (κ1) is 22.4. The van der Waals surface area contributed by atoms with Crippen molar-refractivity contribution in [3.05, 3.63) is 65.7 Å². The molecule has 10 heteroatoms. The number of nitrogens with one attached hydrogen (secondary N) is 2. The van der Waals surface area contributed by atoms with E-state index >= 15 is 0 Å². The van der Waals surface area contributed by atoms with Crippen molar-refractivity contribution < 1.29 is 37.3 Å². The fourth-order valence-electron chi connectivity index (χ4n) is 3.33. The number of halogens is 3. The first-order valence-electron chi connectivity index (χ1n) is 9.47. The van der Waals surface area contributed by atoms with Gasteiger partial charge in [0.1, 0.15) is 18.3 Å². The van der Waals surface area contributed by atoms with E-state index in [1.165, 1.54) is 36.5 Å². The van der Waals surface area contributed by atoms with E-state index in [0.29, 0.717) is 5.75 Å². The van der Waals surface area contributed by atoms with Crippen LogP contribution in [0.5, 0.6) is 5.75 Å². The number of amides is 2. The van der Waals surface area contributed by atoms with E-state index in [0.717, 1.165) is 5.56 Å². The van der Waals surface area contributed by atoms with Crippen molar-refractivity contribution >= 4 is 12.0 Å². The number of alkyl halides is 3. The van der Waals surface area contributed by atoms with Crippen molar-refractivity contribution in [3.63, 3.8) is 0 Å². The Morgan fingerprint density at radius 2 is 1.77 bits per heavy atom. The summed E-state index contributed by atoms with van der Waals surface area (Å²) in [4.78, 5) is 24.3. The molecule has 2 aromatic rings. The van der Waals surface area contributed by atoms with Gasteiger partial charge in [-0.25, -0.2) is 4.79 Å². The summed E-state index contributed by atoms with van der Waals surface area (Å²) in [6.07, 6.45) is -5.32. The van der Waals surface area contributed by atoms with Crippen molar-refractivity contribution in [3.8, 4) is 5.75 Å². The normalized spacial score (nSPS) is 23.5. The minimum Gasteiger partial charge on any atom is -0.489 e. The lowest BCUT2D eigenvalue weighted by Crippen LogP contribution is -2.73. The molecule has 31 heavy (non-hydrogen) atoms. The third kappa shape index (κ3) is 4.74. The maximum atomic E-state index is 13.6. The standard InChI is InChI=1S/C21H21F3N2O5/c1-2-30-18(27)16-17(25-19(28)26-20(16,29)21(22,23)24)14-8-10-15(11-9-14)31-12-13-6-4-3-5-7-13/h3-11,16-17,29H,2,12H2,1H3,(H2,25,26,28)/t16-,17-,20+/m1/s1. The molecule has 1 heterocycles. The summed E-state index contributed by atoms with van der Waals surface area (Å²) in [5.41, 5.74) is -2.70. The SMILES string of the molecule is CCOC(=O)[C@H]1[C@@H](c2ccc(OCc3ccccc3)cc2)NC(=O)N[C@@]1(O)C(F)(F)F. The maximum absolute atomic E-state index is 13.6. The lowest BCUT2D eigenvalue weighted by atomic mass is 9.82. The van der Waals surface area contributed by atoms with Crippen LogP contribution in [0.15, 0.2) is 54.6 Å². The molecule has 0 aliphatic carbocycles. The van der Waals surface area contributed by atoms with Gasteiger partial charge in [0.05, 0.1) is 12.6 Å². The molecule has 3 atom stereocenters. The van der Waals surface area contributed by atoms with E-state index in [4.69, 9.17) is 9.47 Å². The zero-order chi connectivity index (χ0) is 22.6. The topological polar surface area (TPSA) is 96.9 Å². The second kappa shape index (κ2) is 8.84. The Morgan fingerprint density at radius 3 is 2.35 bits per heavy atom. The third-order valence-corrected chi connectivity index (χ3v) is 4.83. The highest BCUT2D eigenvalue weighted by atomic mass is 19.4. The lowest BCUT2D eigenvalue weighted by Gasteiger charge is -2.44. The van der Waals surface area contributed by atoms with Crippen molar-refractivity contribution in [2.75, 3.05) is 6.61 Å². The minimum atomic E-state index is -5.32. The largest absolute Gasteiger partial charge is 0.489 e. The quantitative estimate of drug-likeness (QED) is 0.603. The number of hydrogen-bond donors (Lipinski definition) is 3. The van der Waals surface area contributed by atoms with Gasteiger partial charge in [0.15, 0.2) is 0 Å². The summed E-state index contributed by atoms with van der Waals surface area (Å²) in [6, 6.07) is 12.4. The number of benzene rings is 2. The number of rotatable bonds is 6. The summed E-state index contributed by atoms with van der Waals surface area (Å²) in [7, 11) is 0. The monoisotopic (exact) mass is 438 g/mol. The Morgan fingerprint density at radius 1 is 1.13 bits per heavy atom. The van der Waals surface area contributed by atoms with Gasteiger partial charge in [0.2, 0.25) is 0 Å². The van der Waals surface area contributed by atoms with Crippen molar-refractivity contribution in [1.82, 2.24) is 10.6 Å². The molecule has 7 nitrogen and oxygen atoms in total. The van der Waals surface area contributed by atoms with Gasteiger partial charge in [-0.3, -0.25) is 4.79 Å². The van der Waals surface area contributed by atoms with E-state index < -0.39 is 35.9 Å². The Bertz CT molecular complexity index is 921. The molecule has 1 aliphatic heterocycles. The number of urea groups is 1. The van der Waals surface area contributed by atoms with Crippen LogP contribution >= 0.6 is 0 Å². The average molecular weight is 438 g/mol. The van der Waals surface area contributed by atoms with Gasteiger partial charge in [-0.05, 0) is 30.2 Å². The van der Waals surface area contributed by atoms with Crippen LogP contribution in [0.25, 0.3) is 0 Å². The molecule has 0 unspecified atom stereocenters. The second-order valence-corrected chi connectivity index (χ2v) is 6.91. The zero-order valence-electron chi connectivity index (χ0n) is 16.5. The highest BCUT2D eigenvalue weighted by molar-refractivity contribution is 5.83. The molecule has 0 radical (unpaired) electrons. The molecule has 166 valence electrons. The molecule has 0 bridgehead atoms. The molecule has 3 rings (SSSR count). The molecule has 0 spiro atoms. The summed E-state index contributed by atoms with van der Waals surface area (Å²) >= 11 is 0. The van der Waals surface area contributed by atoms with E-state index in [9.17, 15) is 27.9 Å². The van der Waals surface area contributed by atoms with Gasteiger partial charge in [0.25, 0.3) is 5.72 Å². The molecule has 1 fully saturated rings. The summed E-state index contributed by atoms with van der Waals surface area (Å²) in [6.45, 7) is 1.51. The fourth-order valence-corrected chi connectivity index (χ4v) is 3.33. The smallest absolute Gasteiger partial charge is 0.437 e. The second-order valence-electron chi connectivity index (χ2n) is 6.91.